The summed E-state index contributed by atoms with van der Waals surface area (Å²) in [6.07, 6.45) is 1.14. The molecule has 0 aromatic heterocycles. The first kappa shape index (κ1) is 15.6. The minimum absolute atomic E-state index is 0.194. The van der Waals surface area contributed by atoms with Crippen molar-refractivity contribution in [3.05, 3.63) is 0 Å². The molecule has 0 radical (unpaired) electrons. The molecule has 0 amide bonds. The number of carboxylic acid groups (broad SMARTS) is 1. The predicted molar refractivity (Wildman–Crippen MR) is 59.2 cm³/mol. The third-order valence-electron chi connectivity index (χ3n) is 2.68. The Morgan fingerprint density at radius 2 is 2.22 bits per heavy atom. The van der Waals surface area contributed by atoms with E-state index < -0.39 is 25.5 Å². The topological polar surface area (TPSA) is 123 Å². The molecular weight excluding hydrogens is 267 g/mol. The van der Waals surface area contributed by atoms with Gasteiger partial charge in [0.1, 0.15) is 0 Å². The van der Waals surface area contributed by atoms with Crippen LogP contribution < -0.4 is 0 Å². The fraction of sp³-hybridized carbons (Fsp3) is 0.889. The standard InChI is InChI=1S/C9H17O8P/c1-15-6-9(8(10)11,18(12,13)14)17-5-7-3-2-4-16-7/h7H,2-6H2,1H3,(H,10,11)(H2,12,13,14). The Balaban J connectivity index is 2.81. The predicted octanol–water partition coefficient (Wildman–Crippen LogP) is -0.213. The fourth-order valence-corrected chi connectivity index (χ4v) is 2.45. The summed E-state index contributed by atoms with van der Waals surface area (Å²) in [5, 5.41) is 6.35. The molecule has 2 atom stereocenters. The first-order chi connectivity index (χ1) is 8.33. The molecule has 3 N–H and O–H groups in total. The molecule has 1 fully saturated rings. The van der Waals surface area contributed by atoms with Crippen LogP contribution in [0.5, 0.6) is 0 Å². The molecular formula is C9H17O8P. The first-order valence-corrected chi connectivity index (χ1v) is 6.98. The Morgan fingerprint density at radius 3 is 2.61 bits per heavy atom. The second-order valence-corrected chi connectivity index (χ2v) is 5.82. The Bertz CT molecular complexity index is 333. The zero-order chi connectivity index (χ0) is 13.8. The van der Waals surface area contributed by atoms with Crippen LogP contribution in [-0.2, 0) is 23.6 Å². The summed E-state index contributed by atoms with van der Waals surface area (Å²) in [5.74, 6) is -1.75. The van der Waals surface area contributed by atoms with E-state index in [1.54, 1.807) is 0 Å². The van der Waals surface area contributed by atoms with E-state index in [1.165, 1.54) is 0 Å². The molecule has 1 aliphatic rings. The average molecular weight is 284 g/mol. The van der Waals surface area contributed by atoms with E-state index in [4.69, 9.17) is 14.6 Å². The molecule has 1 rings (SSSR count). The molecule has 1 saturated heterocycles. The van der Waals surface area contributed by atoms with Crippen molar-refractivity contribution < 1.29 is 38.5 Å². The van der Waals surface area contributed by atoms with E-state index in [2.05, 4.69) is 4.74 Å². The lowest BCUT2D eigenvalue weighted by atomic mass is 10.2. The molecule has 0 aromatic carbocycles. The molecule has 18 heavy (non-hydrogen) atoms. The van der Waals surface area contributed by atoms with E-state index in [0.717, 1.165) is 13.5 Å². The van der Waals surface area contributed by atoms with E-state index in [-0.39, 0.29) is 12.7 Å². The first-order valence-electron chi connectivity index (χ1n) is 5.37. The van der Waals surface area contributed by atoms with Crippen molar-refractivity contribution in [3.63, 3.8) is 0 Å². The van der Waals surface area contributed by atoms with Crippen molar-refractivity contribution in [1.29, 1.82) is 0 Å². The van der Waals surface area contributed by atoms with E-state index in [0.29, 0.717) is 13.0 Å². The van der Waals surface area contributed by atoms with E-state index >= 15 is 0 Å². The van der Waals surface area contributed by atoms with Crippen LogP contribution in [0, 0.1) is 0 Å². The highest BCUT2D eigenvalue weighted by molar-refractivity contribution is 7.54. The molecule has 9 heteroatoms. The van der Waals surface area contributed by atoms with Crippen LogP contribution in [0.3, 0.4) is 0 Å². The molecule has 106 valence electrons. The zero-order valence-corrected chi connectivity index (χ0v) is 10.8. The van der Waals surface area contributed by atoms with Crippen LogP contribution in [-0.4, -0.2) is 59.2 Å². The molecule has 1 aliphatic heterocycles. The minimum Gasteiger partial charge on any atom is -0.479 e. The highest BCUT2D eigenvalue weighted by Crippen LogP contribution is 2.51. The normalized spacial score (nSPS) is 23.8. The van der Waals surface area contributed by atoms with Gasteiger partial charge in [0.05, 0.1) is 19.3 Å². The average Bonchev–Trinajstić information content (AvgIpc) is 2.74. The SMILES string of the molecule is COCC(OCC1CCCO1)(C(=O)O)P(=O)(O)O. The number of carboxylic acids is 1. The zero-order valence-electron chi connectivity index (χ0n) is 9.94. The van der Waals surface area contributed by atoms with Gasteiger partial charge in [-0.25, -0.2) is 4.79 Å². The lowest BCUT2D eigenvalue weighted by Gasteiger charge is -2.30. The van der Waals surface area contributed by atoms with Crippen molar-refractivity contribution in [1.82, 2.24) is 0 Å². The van der Waals surface area contributed by atoms with Crippen molar-refractivity contribution >= 4 is 13.6 Å². The van der Waals surface area contributed by atoms with Gasteiger partial charge in [-0.3, -0.25) is 4.57 Å². The number of hydrogen-bond acceptors (Lipinski definition) is 5. The van der Waals surface area contributed by atoms with Gasteiger partial charge in [-0.15, -0.1) is 0 Å². The van der Waals surface area contributed by atoms with Crippen LogP contribution in [0.2, 0.25) is 0 Å². The van der Waals surface area contributed by atoms with Gasteiger partial charge < -0.3 is 29.1 Å². The maximum Gasteiger partial charge on any atom is 0.371 e. The van der Waals surface area contributed by atoms with Gasteiger partial charge in [0.2, 0.25) is 0 Å². The Labute approximate surface area is 104 Å². The van der Waals surface area contributed by atoms with Gasteiger partial charge in [-0.2, -0.15) is 0 Å². The monoisotopic (exact) mass is 284 g/mol. The van der Waals surface area contributed by atoms with E-state index in [1.807, 2.05) is 0 Å². The van der Waals surface area contributed by atoms with Gasteiger partial charge in [0.15, 0.2) is 0 Å². The maximum atomic E-state index is 11.4. The second kappa shape index (κ2) is 6.10. The summed E-state index contributed by atoms with van der Waals surface area (Å²) >= 11 is 0. The summed E-state index contributed by atoms with van der Waals surface area (Å²) in [7, 11) is -3.90. The maximum absolute atomic E-state index is 11.4. The summed E-state index contributed by atoms with van der Waals surface area (Å²) < 4.78 is 26.1. The highest BCUT2D eigenvalue weighted by Gasteiger charge is 2.56. The van der Waals surface area contributed by atoms with Crippen molar-refractivity contribution in [2.24, 2.45) is 0 Å². The fourth-order valence-electron chi connectivity index (χ4n) is 1.66. The third-order valence-corrected chi connectivity index (χ3v) is 4.07. The number of aliphatic carboxylic acids is 1. The number of rotatable bonds is 7. The van der Waals surface area contributed by atoms with E-state index in [9.17, 15) is 19.1 Å². The highest BCUT2D eigenvalue weighted by atomic mass is 31.2. The second-order valence-electron chi connectivity index (χ2n) is 4.01. The molecule has 0 aromatic rings. The lowest BCUT2D eigenvalue weighted by molar-refractivity contribution is -0.165. The summed E-state index contributed by atoms with van der Waals surface area (Å²) in [6, 6.07) is 0. The van der Waals surface area contributed by atoms with Crippen molar-refractivity contribution in [2.45, 2.75) is 24.3 Å². The summed E-state index contributed by atoms with van der Waals surface area (Å²) in [5.41, 5.74) is 0. The molecule has 1 heterocycles. The van der Waals surface area contributed by atoms with Crippen LogP contribution in [0.15, 0.2) is 0 Å². The Morgan fingerprint density at radius 1 is 1.56 bits per heavy atom. The molecule has 0 aliphatic carbocycles. The largest absolute Gasteiger partial charge is 0.479 e. The minimum atomic E-state index is -5.04. The quantitative estimate of drug-likeness (QED) is 0.549. The lowest BCUT2D eigenvalue weighted by Crippen LogP contribution is -2.47. The van der Waals surface area contributed by atoms with Gasteiger partial charge >= 0.3 is 13.6 Å². The van der Waals surface area contributed by atoms with Crippen molar-refractivity contribution in [3.8, 4) is 0 Å². The molecule has 0 saturated carbocycles. The molecule has 0 spiro atoms. The number of ether oxygens (including phenoxy) is 3. The number of carbonyl (C=O) groups is 1. The third kappa shape index (κ3) is 3.28. The summed E-state index contributed by atoms with van der Waals surface area (Å²) in [4.78, 5) is 29.5. The number of hydrogen-bond donors (Lipinski definition) is 3. The van der Waals surface area contributed by atoms with Crippen molar-refractivity contribution in [2.75, 3.05) is 26.9 Å². The Kier molecular flexibility index (Phi) is 5.27. The van der Waals surface area contributed by atoms with Crippen LogP contribution in [0.25, 0.3) is 0 Å². The van der Waals surface area contributed by atoms with Crippen LogP contribution >= 0.6 is 7.60 Å². The smallest absolute Gasteiger partial charge is 0.371 e. The van der Waals surface area contributed by atoms with Gasteiger partial charge in [0, 0.05) is 13.7 Å². The molecule has 8 nitrogen and oxygen atoms in total. The van der Waals surface area contributed by atoms with Crippen LogP contribution in [0.4, 0.5) is 0 Å². The number of methoxy groups -OCH3 is 1. The molecule has 0 bridgehead atoms. The van der Waals surface area contributed by atoms with Crippen LogP contribution in [0.1, 0.15) is 12.8 Å². The van der Waals surface area contributed by atoms with Gasteiger partial charge in [-0.05, 0) is 12.8 Å². The van der Waals surface area contributed by atoms with Gasteiger partial charge in [-0.1, -0.05) is 0 Å². The Hall–Kier alpha value is -0.500. The summed E-state index contributed by atoms with van der Waals surface area (Å²) in [6.45, 7) is -0.394. The molecule has 2 unspecified atom stereocenters. The van der Waals surface area contributed by atoms with Gasteiger partial charge in [0.25, 0.3) is 5.34 Å².